The zero-order valence-electron chi connectivity index (χ0n) is 14.8. The van der Waals surface area contributed by atoms with Crippen LogP contribution in [0.1, 0.15) is 18.9 Å². The van der Waals surface area contributed by atoms with Gasteiger partial charge in [-0.1, -0.05) is 18.7 Å². The number of nitrogens with one attached hydrogen (secondary N) is 1. The van der Waals surface area contributed by atoms with Crippen molar-refractivity contribution in [1.29, 1.82) is 0 Å². The van der Waals surface area contributed by atoms with Crippen LogP contribution in [0.3, 0.4) is 0 Å². The topological polar surface area (TPSA) is 89.9 Å². The smallest absolute Gasteiger partial charge is 0.320 e. The number of hydrogen-bond donors (Lipinski definition) is 2. The molecule has 1 saturated heterocycles. The van der Waals surface area contributed by atoms with Gasteiger partial charge in [0.25, 0.3) is 5.88 Å². The number of carbonyl (C=O) groups is 1. The lowest BCUT2D eigenvalue weighted by Gasteiger charge is -2.19. The molecular formula is C19H22N2O5. The standard InChI is InChI=1S/C19H22N2O5/c1-4-11-6-7-14-13(8-11)16(17(24-3)18(21-14)25-5-2)26-12-9-15(19(22)23)20-10-12/h4,6-8,12,15,20H,1,5,9-10H2,2-3H3,(H,22,23)/t12-,15+/m1/s1. The van der Waals surface area contributed by atoms with Gasteiger partial charge in [0.2, 0.25) is 5.75 Å². The van der Waals surface area contributed by atoms with Gasteiger partial charge in [0.05, 0.1) is 19.2 Å². The Hall–Kier alpha value is -2.80. The van der Waals surface area contributed by atoms with Crippen LogP contribution in [-0.2, 0) is 4.79 Å². The Kier molecular flexibility index (Phi) is 5.27. The summed E-state index contributed by atoms with van der Waals surface area (Å²) >= 11 is 0. The van der Waals surface area contributed by atoms with Crippen molar-refractivity contribution >= 4 is 22.9 Å². The summed E-state index contributed by atoms with van der Waals surface area (Å²) in [5, 5.41) is 12.9. The first-order valence-electron chi connectivity index (χ1n) is 8.47. The second-order valence-electron chi connectivity index (χ2n) is 5.97. The number of aliphatic carboxylic acids is 1. The van der Waals surface area contributed by atoms with Crippen LogP contribution in [0, 0.1) is 0 Å². The Labute approximate surface area is 151 Å². The molecule has 7 heteroatoms. The second kappa shape index (κ2) is 7.61. The lowest BCUT2D eigenvalue weighted by atomic mass is 10.1. The van der Waals surface area contributed by atoms with Crippen LogP contribution in [-0.4, -0.2) is 48.5 Å². The number of carboxylic acid groups (broad SMARTS) is 1. The van der Waals surface area contributed by atoms with Crippen molar-refractivity contribution in [2.45, 2.75) is 25.5 Å². The first-order valence-corrected chi connectivity index (χ1v) is 8.47. The van der Waals surface area contributed by atoms with Crippen molar-refractivity contribution in [3.8, 4) is 17.4 Å². The number of fused-ring (bicyclic) bond motifs is 1. The minimum atomic E-state index is -0.883. The molecule has 1 aliphatic heterocycles. The van der Waals surface area contributed by atoms with Crippen molar-refractivity contribution in [3.05, 3.63) is 30.3 Å². The van der Waals surface area contributed by atoms with E-state index in [0.29, 0.717) is 42.5 Å². The number of hydrogen-bond acceptors (Lipinski definition) is 6. The molecule has 0 bridgehead atoms. The number of carboxylic acids is 1. The summed E-state index contributed by atoms with van der Waals surface area (Å²) in [6.45, 7) is 6.54. The molecule has 0 radical (unpaired) electrons. The molecule has 1 fully saturated rings. The van der Waals surface area contributed by atoms with E-state index in [0.717, 1.165) is 10.9 Å². The highest BCUT2D eigenvalue weighted by molar-refractivity contribution is 5.90. The van der Waals surface area contributed by atoms with E-state index >= 15 is 0 Å². The lowest BCUT2D eigenvalue weighted by molar-refractivity contribution is -0.139. The van der Waals surface area contributed by atoms with Gasteiger partial charge in [0.15, 0.2) is 5.75 Å². The minimum absolute atomic E-state index is 0.294. The van der Waals surface area contributed by atoms with Crippen LogP contribution in [0.15, 0.2) is 24.8 Å². The van der Waals surface area contributed by atoms with Crippen molar-refractivity contribution in [2.75, 3.05) is 20.3 Å². The van der Waals surface area contributed by atoms with E-state index in [9.17, 15) is 4.79 Å². The third-order valence-electron chi connectivity index (χ3n) is 4.28. The van der Waals surface area contributed by atoms with Crippen LogP contribution >= 0.6 is 0 Å². The largest absolute Gasteiger partial charge is 0.489 e. The van der Waals surface area contributed by atoms with Gasteiger partial charge >= 0.3 is 5.97 Å². The Bertz CT molecular complexity index is 836. The summed E-state index contributed by atoms with van der Waals surface area (Å²) in [5.41, 5.74) is 1.62. The van der Waals surface area contributed by atoms with Crippen LogP contribution in [0.5, 0.6) is 17.4 Å². The number of aromatic nitrogens is 1. The van der Waals surface area contributed by atoms with Crippen LogP contribution in [0.2, 0.25) is 0 Å². The highest BCUT2D eigenvalue weighted by Gasteiger charge is 2.32. The van der Waals surface area contributed by atoms with Crippen molar-refractivity contribution in [2.24, 2.45) is 0 Å². The number of methoxy groups -OCH3 is 1. The van der Waals surface area contributed by atoms with Crippen LogP contribution < -0.4 is 19.5 Å². The number of ether oxygens (including phenoxy) is 3. The fourth-order valence-electron chi connectivity index (χ4n) is 3.02. The van der Waals surface area contributed by atoms with Gasteiger partial charge in [-0.2, -0.15) is 0 Å². The Morgan fingerprint density at radius 2 is 2.27 bits per heavy atom. The Balaban J connectivity index is 2.07. The number of benzene rings is 1. The molecule has 3 rings (SSSR count). The fraction of sp³-hybridized carbons (Fsp3) is 0.368. The normalized spacial score (nSPS) is 19.3. The predicted octanol–water partition coefficient (Wildman–Crippen LogP) is 2.48. The van der Waals surface area contributed by atoms with Gasteiger partial charge < -0.3 is 24.6 Å². The first-order chi connectivity index (χ1) is 12.6. The highest BCUT2D eigenvalue weighted by atomic mass is 16.5. The summed E-state index contributed by atoms with van der Waals surface area (Å²) < 4.78 is 17.3. The average Bonchev–Trinajstić information content (AvgIpc) is 3.11. The number of pyridine rings is 1. The summed E-state index contributed by atoms with van der Waals surface area (Å²) in [4.78, 5) is 15.7. The van der Waals surface area contributed by atoms with E-state index in [1.54, 1.807) is 6.08 Å². The second-order valence-corrected chi connectivity index (χ2v) is 5.97. The predicted molar refractivity (Wildman–Crippen MR) is 98.0 cm³/mol. The fourth-order valence-corrected chi connectivity index (χ4v) is 3.02. The average molecular weight is 358 g/mol. The van der Waals surface area contributed by atoms with Crippen LogP contribution in [0.25, 0.3) is 17.0 Å². The van der Waals surface area contributed by atoms with E-state index in [-0.39, 0.29) is 6.10 Å². The summed E-state index contributed by atoms with van der Waals surface area (Å²) in [7, 11) is 1.53. The highest BCUT2D eigenvalue weighted by Crippen LogP contribution is 2.42. The lowest BCUT2D eigenvalue weighted by Crippen LogP contribution is -2.30. The van der Waals surface area contributed by atoms with E-state index in [2.05, 4.69) is 16.9 Å². The molecule has 2 N–H and O–H groups in total. The third-order valence-corrected chi connectivity index (χ3v) is 4.28. The Morgan fingerprint density at radius 3 is 2.88 bits per heavy atom. The zero-order chi connectivity index (χ0) is 18.7. The molecule has 26 heavy (non-hydrogen) atoms. The number of nitrogens with zero attached hydrogens (tertiary/aromatic N) is 1. The summed E-state index contributed by atoms with van der Waals surface area (Å²) in [6.07, 6.45) is 1.81. The molecule has 1 aliphatic rings. The first kappa shape index (κ1) is 18.0. The van der Waals surface area contributed by atoms with E-state index in [1.165, 1.54) is 7.11 Å². The van der Waals surface area contributed by atoms with E-state index < -0.39 is 12.0 Å². The molecule has 2 aromatic rings. The van der Waals surface area contributed by atoms with Crippen molar-refractivity contribution in [3.63, 3.8) is 0 Å². The maximum absolute atomic E-state index is 11.2. The SMILES string of the molecule is C=Cc1ccc2nc(OCC)c(OC)c(O[C@H]3CN[C@H](C(=O)O)C3)c2c1. The van der Waals surface area contributed by atoms with Gasteiger partial charge in [-0.05, 0) is 24.6 Å². The molecule has 0 saturated carbocycles. The molecule has 0 unspecified atom stereocenters. The maximum atomic E-state index is 11.2. The van der Waals surface area contributed by atoms with Gasteiger partial charge in [-0.3, -0.25) is 4.79 Å². The van der Waals surface area contributed by atoms with Crippen molar-refractivity contribution in [1.82, 2.24) is 10.3 Å². The summed E-state index contributed by atoms with van der Waals surface area (Å²) in [5.74, 6) is 0.373. The van der Waals surface area contributed by atoms with Gasteiger partial charge in [0.1, 0.15) is 12.1 Å². The van der Waals surface area contributed by atoms with Crippen LogP contribution in [0.4, 0.5) is 0 Å². The molecular weight excluding hydrogens is 336 g/mol. The minimum Gasteiger partial charge on any atom is -0.489 e. The molecule has 138 valence electrons. The molecule has 1 aromatic carbocycles. The molecule has 0 spiro atoms. The molecule has 7 nitrogen and oxygen atoms in total. The zero-order valence-corrected chi connectivity index (χ0v) is 14.8. The van der Waals surface area contributed by atoms with E-state index in [1.807, 2.05) is 25.1 Å². The molecule has 2 heterocycles. The van der Waals surface area contributed by atoms with Gasteiger partial charge in [-0.15, -0.1) is 0 Å². The monoisotopic (exact) mass is 358 g/mol. The summed E-state index contributed by atoms with van der Waals surface area (Å²) in [6, 6.07) is 5.08. The van der Waals surface area contributed by atoms with E-state index in [4.69, 9.17) is 19.3 Å². The molecule has 0 amide bonds. The third kappa shape index (κ3) is 3.43. The Morgan fingerprint density at radius 1 is 1.46 bits per heavy atom. The quantitative estimate of drug-likeness (QED) is 0.786. The maximum Gasteiger partial charge on any atom is 0.320 e. The molecule has 0 aliphatic carbocycles. The number of rotatable bonds is 7. The molecule has 2 atom stereocenters. The molecule has 1 aromatic heterocycles. The van der Waals surface area contributed by atoms with Crippen molar-refractivity contribution < 1.29 is 24.1 Å². The van der Waals surface area contributed by atoms with Gasteiger partial charge in [-0.25, -0.2) is 4.98 Å². The van der Waals surface area contributed by atoms with Gasteiger partial charge in [0, 0.05) is 18.4 Å².